The highest BCUT2D eigenvalue weighted by Gasteiger charge is 2.16. The molecule has 0 unspecified atom stereocenters. The van der Waals surface area contributed by atoms with E-state index in [0.717, 1.165) is 11.1 Å². The summed E-state index contributed by atoms with van der Waals surface area (Å²) < 4.78 is 15.2. The van der Waals surface area contributed by atoms with Crippen LogP contribution in [0.25, 0.3) is 0 Å². The quantitative estimate of drug-likeness (QED) is 0.725. The van der Waals surface area contributed by atoms with Crippen molar-refractivity contribution < 1.29 is 9.18 Å². The highest BCUT2D eigenvalue weighted by molar-refractivity contribution is 5.75. The van der Waals surface area contributed by atoms with Gasteiger partial charge in [-0.15, -0.1) is 0 Å². The highest BCUT2D eigenvalue weighted by Crippen LogP contribution is 2.21. The molecule has 0 saturated heterocycles. The third-order valence-corrected chi connectivity index (χ3v) is 3.84. The van der Waals surface area contributed by atoms with Gasteiger partial charge in [-0.05, 0) is 47.5 Å². The molecule has 0 spiro atoms. The first-order valence-corrected chi connectivity index (χ1v) is 8.03. The molecule has 3 rings (SSSR count). The molecule has 1 atom stereocenters. The van der Waals surface area contributed by atoms with Crippen LogP contribution >= 0.6 is 0 Å². The lowest BCUT2D eigenvalue weighted by atomic mass is 10.00. The number of benzene rings is 1. The summed E-state index contributed by atoms with van der Waals surface area (Å²) in [6.07, 6.45) is 7.21. The average molecular weight is 338 g/mol. The van der Waals surface area contributed by atoms with Crippen molar-refractivity contribution in [3.8, 4) is 0 Å². The van der Waals surface area contributed by atoms with Crippen LogP contribution < -0.4 is 10.6 Å². The smallest absolute Gasteiger partial charge is 0.315 e. The Labute approximate surface area is 145 Å². The predicted molar refractivity (Wildman–Crippen MR) is 93.4 cm³/mol. The number of carbonyl (C=O) groups excluding carboxylic acids is 1. The molecule has 0 radical (unpaired) electrons. The van der Waals surface area contributed by atoms with E-state index in [4.69, 9.17) is 0 Å². The van der Waals surface area contributed by atoms with Crippen molar-refractivity contribution in [2.75, 3.05) is 6.54 Å². The van der Waals surface area contributed by atoms with E-state index in [0.29, 0.717) is 13.1 Å². The van der Waals surface area contributed by atoms with Gasteiger partial charge in [0, 0.05) is 37.9 Å². The minimum absolute atomic E-state index is 0.279. The molecule has 0 aliphatic carbocycles. The molecule has 2 amide bonds. The Morgan fingerprint density at radius 1 is 1.04 bits per heavy atom. The Morgan fingerprint density at radius 3 is 2.36 bits per heavy atom. The Balaban J connectivity index is 1.67. The molecule has 0 aliphatic rings. The Morgan fingerprint density at radius 2 is 1.68 bits per heavy atom. The zero-order valence-corrected chi connectivity index (χ0v) is 13.6. The van der Waals surface area contributed by atoms with Gasteiger partial charge in [0.25, 0.3) is 0 Å². The summed E-state index contributed by atoms with van der Waals surface area (Å²) >= 11 is 0. The topological polar surface area (TPSA) is 59.0 Å². The van der Waals surface area contributed by atoms with Gasteiger partial charge in [0.15, 0.2) is 0 Å². The molecule has 3 aromatic rings. The summed E-state index contributed by atoms with van der Waals surface area (Å²) in [6, 6.07) is 13.0. The van der Waals surface area contributed by atoms with Crippen LogP contribution in [0.5, 0.6) is 0 Å². The van der Waals surface area contributed by atoms with Gasteiger partial charge >= 0.3 is 6.03 Å². The van der Waals surface area contributed by atoms with Crippen LogP contribution in [0.2, 0.25) is 0 Å². The summed E-state index contributed by atoms with van der Waals surface area (Å²) in [5.74, 6) is -0.312. The summed E-state index contributed by atoms with van der Waals surface area (Å²) in [5.41, 5.74) is 1.68. The standard InChI is InChI=1S/C19H19FN4O/c20-17-5-3-15(4-6-17)18(16-7-9-21-10-8-16)23-19(25)22-11-14-24-12-1-2-13-24/h1-10,12-13,18H,11,14H2,(H2,22,23,25)/t18-/m1/s1. The lowest BCUT2D eigenvalue weighted by Crippen LogP contribution is -2.39. The van der Waals surface area contributed by atoms with Crippen molar-refractivity contribution in [2.24, 2.45) is 0 Å². The van der Waals surface area contributed by atoms with E-state index in [1.807, 2.05) is 41.2 Å². The van der Waals surface area contributed by atoms with Gasteiger partial charge in [0.05, 0.1) is 6.04 Å². The number of rotatable bonds is 6. The van der Waals surface area contributed by atoms with Crippen LogP contribution in [-0.4, -0.2) is 22.1 Å². The van der Waals surface area contributed by atoms with E-state index < -0.39 is 0 Å². The van der Waals surface area contributed by atoms with Crippen LogP contribution in [0, 0.1) is 5.82 Å². The van der Waals surface area contributed by atoms with Gasteiger partial charge in [0.1, 0.15) is 5.82 Å². The summed E-state index contributed by atoms with van der Waals surface area (Å²) in [5, 5.41) is 5.78. The molecule has 0 bridgehead atoms. The average Bonchev–Trinajstić information content (AvgIpc) is 3.15. The molecular weight excluding hydrogens is 319 g/mol. The van der Waals surface area contributed by atoms with E-state index in [9.17, 15) is 9.18 Å². The molecule has 2 heterocycles. The summed E-state index contributed by atoms with van der Waals surface area (Å²) in [7, 11) is 0. The number of halogens is 1. The maximum Gasteiger partial charge on any atom is 0.315 e. The van der Waals surface area contributed by atoms with Crippen LogP contribution in [0.15, 0.2) is 73.3 Å². The Bertz CT molecular complexity index is 788. The van der Waals surface area contributed by atoms with E-state index in [2.05, 4.69) is 15.6 Å². The minimum Gasteiger partial charge on any atom is -0.353 e. The number of nitrogens with one attached hydrogen (secondary N) is 2. The third-order valence-electron chi connectivity index (χ3n) is 3.84. The maximum atomic E-state index is 13.2. The van der Waals surface area contributed by atoms with Gasteiger partial charge in [-0.3, -0.25) is 4.98 Å². The molecule has 1 aromatic carbocycles. The van der Waals surface area contributed by atoms with Gasteiger partial charge < -0.3 is 15.2 Å². The zero-order valence-electron chi connectivity index (χ0n) is 13.6. The minimum atomic E-state index is -0.379. The number of pyridine rings is 1. The number of nitrogens with zero attached hydrogens (tertiary/aromatic N) is 2. The molecule has 2 N–H and O–H groups in total. The fourth-order valence-corrected chi connectivity index (χ4v) is 2.57. The van der Waals surface area contributed by atoms with Gasteiger partial charge in [0.2, 0.25) is 0 Å². The van der Waals surface area contributed by atoms with Crippen LogP contribution in [0.3, 0.4) is 0 Å². The fourth-order valence-electron chi connectivity index (χ4n) is 2.57. The van der Waals surface area contributed by atoms with E-state index in [1.54, 1.807) is 24.5 Å². The normalized spacial score (nSPS) is 11.7. The van der Waals surface area contributed by atoms with Crippen molar-refractivity contribution >= 4 is 6.03 Å². The summed E-state index contributed by atoms with van der Waals surface area (Å²) in [4.78, 5) is 16.3. The van der Waals surface area contributed by atoms with Crippen molar-refractivity contribution in [2.45, 2.75) is 12.6 Å². The van der Waals surface area contributed by atoms with E-state index >= 15 is 0 Å². The molecule has 25 heavy (non-hydrogen) atoms. The first kappa shape index (κ1) is 16.7. The predicted octanol–water partition coefficient (Wildman–Crippen LogP) is 3.11. The molecular formula is C19H19FN4O. The molecule has 0 saturated carbocycles. The van der Waals surface area contributed by atoms with Crippen LogP contribution in [-0.2, 0) is 6.54 Å². The SMILES string of the molecule is O=C(NCCn1cccc1)N[C@@H](c1ccncc1)c1ccc(F)cc1. The Hall–Kier alpha value is -3.15. The van der Waals surface area contributed by atoms with Crippen molar-refractivity contribution in [3.63, 3.8) is 0 Å². The van der Waals surface area contributed by atoms with Gasteiger partial charge in [-0.1, -0.05) is 12.1 Å². The van der Waals surface area contributed by atoms with Crippen molar-refractivity contribution in [1.29, 1.82) is 0 Å². The maximum absolute atomic E-state index is 13.2. The second kappa shape index (κ2) is 8.10. The molecule has 0 aliphatic heterocycles. The zero-order chi connectivity index (χ0) is 17.5. The molecule has 0 fully saturated rings. The number of aromatic nitrogens is 2. The van der Waals surface area contributed by atoms with Crippen molar-refractivity contribution in [1.82, 2.24) is 20.2 Å². The Kier molecular flexibility index (Phi) is 5.41. The monoisotopic (exact) mass is 338 g/mol. The molecule has 6 heteroatoms. The van der Waals surface area contributed by atoms with Crippen LogP contribution in [0.4, 0.5) is 9.18 Å². The lowest BCUT2D eigenvalue weighted by molar-refractivity contribution is 0.238. The second-order valence-electron chi connectivity index (χ2n) is 5.59. The van der Waals surface area contributed by atoms with Gasteiger partial charge in [-0.25, -0.2) is 9.18 Å². The first-order chi connectivity index (χ1) is 12.2. The molecule has 128 valence electrons. The van der Waals surface area contributed by atoms with Crippen LogP contribution in [0.1, 0.15) is 17.2 Å². The molecule has 2 aromatic heterocycles. The number of amides is 2. The van der Waals surface area contributed by atoms with Crippen molar-refractivity contribution in [3.05, 3.63) is 90.3 Å². The molecule has 5 nitrogen and oxygen atoms in total. The first-order valence-electron chi connectivity index (χ1n) is 8.03. The summed E-state index contributed by atoms with van der Waals surface area (Å²) in [6.45, 7) is 1.20. The second-order valence-corrected chi connectivity index (χ2v) is 5.59. The number of hydrogen-bond donors (Lipinski definition) is 2. The number of carbonyl (C=O) groups is 1. The third kappa shape index (κ3) is 4.67. The number of urea groups is 1. The van der Waals surface area contributed by atoms with E-state index in [-0.39, 0.29) is 17.9 Å². The fraction of sp³-hybridized carbons (Fsp3) is 0.158. The highest BCUT2D eigenvalue weighted by atomic mass is 19.1. The largest absolute Gasteiger partial charge is 0.353 e. The van der Waals surface area contributed by atoms with E-state index in [1.165, 1.54) is 12.1 Å². The van der Waals surface area contributed by atoms with Gasteiger partial charge in [-0.2, -0.15) is 0 Å². The lowest BCUT2D eigenvalue weighted by Gasteiger charge is -2.20. The number of hydrogen-bond acceptors (Lipinski definition) is 2.